The second kappa shape index (κ2) is 5.72. The highest BCUT2D eigenvalue weighted by molar-refractivity contribution is 7.86. The fraction of sp³-hybridized carbons (Fsp3) is 0.857. The first-order valence-electron chi connectivity index (χ1n) is 7.30. The molecule has 1 atom stereocenters. The Kier molecular flexibility index (Phi) is 4.54. The van der Waals surface area contributed by atoms with Gasteiger partial charge in [-0.2, -0.15) is 0 Å². The quantitative estimate of drug-likeness (QED) is 0.860. The molecule has 1 aromatic rings. The van der Waals surface area contributed by atoms with Gasteiger partial charge < -0.3 is 4.90 Å². The summed E-state index contributed by atoms with van der Waals surface area (Å²) in [6.45, 7) is 12.4. The molecule has 0 bridgehead atoms. The number of hydrogen-bond acceptors (Lipinski definition) is 5. The van der Waals surface area contributed by atoms with Gasteiger partial charge in [0.2, 0.25) is 5.13 Å². The zero-order valence-electron chi connectivity index (χ0n) is 13.1. The number of anilines is 1. The third kappa shape index (κ3) is 2.91. The fourth-order valence-corrected chi connectivity index (χ4v) is 5.20. The Hall–Kier alpha value is -0.490. The van der Waals surface area contributed by atoms with Crippen molar-refractivity contribution in [2.45, 2.75) is 57.6 Å². The van der Waals surface area contributed by atoms with E-state index in [2.05, 4.69) is 49.7 Å². The normalized spacial score (nSPS) is 23.1. The lowest BCUT2D eigenvalue weighted by molar-refractivity contribution is 0.495. The lowest BCUT2D eigenvalue weighted by atomic mass is 9.98. The van der Waals surface area contributed by atoms with Crippen molar-refractivity contribution in [1.29, 1.82) is 0 Å². The summed E-state index contributed by atoms with van der Waals surface area (Å²) in [6, 6.07) is 0. The summed E-state index contributed by atoms with van der Waals surface area (Å²) in [7, 11) is -0.727. The minimum absolute atomic E-state index is 0.0428. The number of aromatic nitrogens is 2. The first-order valence-corrected chi connectivity index (χ1v) is 9.43. The van der Waals surface area contributed by atoms with Crippen molar-refractivity contribution in [3.63, 3.8) is 0 Å². The van der Waals surface area contributed by atoms with Crippen molar-refractivity contribution in [2.24, 2.45) is 0 Å². The predicted molar refractivity (Wildman–Crippen MR) is 87.1 cm³/mol. The van der Waals surface area contributed by atoms with E-state index in [0.717, 1.165) is 41.8 Å². The lowest BCUT2D eigenvalue weighted by Crippen LogP contribution is -2.53. The van der Waals surface area contributed by atoms with Crippen molar-refractivity contribution in [2.75, 3.05) is 23.7 Å². The molecule has 6 heteroatoms. The summed E-state index contributed by atoms with van der Waals surface area (Å²) in [5, 5.41) is 10.7. The van der Waals surface area contributed by atoms with Crippen LogP contribution in [0, 0.1) is 0 Å². The Morgan fingerprint density at radius 1 is 1.30 bits per heavy atom. The second-order valence-corrected chi connectivity index (χ2v) is 9.42. The molecule has 0 aliphatic carbocycles. The number of hydrogen-bond donors (Lipinski definition) is 0. The molecule has 1 saturated heterocycles. The first-order chi connectivity index (χ1) is 9.32. The van der Waals surface area contributed by atoms with E-state index in [1.54, 1.807) is 11.3 Å². The third-order valence-electron chi connectivity index (χ3n) is 4.12. The predicted octanol–water partition coefficient (Wildman–Crippen LogP) is 2.96. The molecule has 4 nitrogen and oxygen atoms in total. The Morgan fingerprint density at radius 2 is 1.95 bits per heavy atom. The highest BCUT2D eigenvalue weighted by atomic mass is 32.2. The molecule has 1 aliphatic heterocycles. The third-order valence-corrected chi connectivity index (χ3v) is 7.76. The zero-order chi connectivity index (χ0) is 15.0. The van der Waals surface area contributed by atoms with Gasteiger partial charge in [0.15, 0.2) is 0 Å². The minimum Gasteiger partial charge on any atom is -0.344 e. The van der Waals surface area contributed by atoms with Crippen LogP contribution < -0.4 is 4.90 Å². The van der Waals surface area contributed by atoms with E-state index in [0.29, 0.717) is 0 Å². The summed E-state index contributed by atoms with van der Waals surface area (Å²) >= 11 is 1.67. The number of nitrogens with zero attached hydrogens (tertiary/aromatic N) is 3. The van der Waals surface area contributed by atoms with Crippen LogP contribution in [0.25, 0.3) is 0 Å². The van der Waals surface area contributed by atoms with Crippen LogP contribution in [0.3, 0.4) is 0 Å². The molecular weight excluding hydrogens is 290 g/mol. The fourth-order valence-electron chi connectivity index (χ4n) is 2.51. The van der Waals surface area contributed by atoms with Crippen LogP contribution in [0.1, 0.15) is 52.5 Å². The molecule has 2 rings (SSSR count). The maximum absolute atomic E-state index is 12.4. The SMILES string of the molecule is CCC1(CC)CN(c2nnc(C(C)(C)C)s2)CCS1=O. The monoisotopic (exact) mass is 315 g/mol. The van der Waals surface area contributed by atoms with Crippen LogP contribution in [-0.4, -0.2) is 38.0 Å². The molecule has 1 fully saturated rings. The molecule has 20 heavy (non-hydrogen) atoms. The van der Waals surface area contributed by atoms with Gasteiger partial charge in [0.05, 0.1) is 4.75 Å². The molecule has 0 radical (unpaired) electrons. The van der Waals surface area contributed by atoms with Gasteiger partial charge in [-0.3, -0.25) is 4.21 Å². The minimum atomic E-state index is -0.727. The Labute approximate surface area is 128 Å². The molecule has 0 spiro atoms. The molecule has 0 amide bonds. The maximum atomic E-state index is 12.4. The van der Waals surface area contributed by atoms with Gasteiger partial charge in [-0.15, -0.1) is 10.2 Å². The average Bonchev–Trinajstić information content (AvgIpc) is 2.89. The first kappa shape index (κ1) is 15.9. The van der Waals surface area contributed by atoms with Gasteiger partial charge in [-0.25, -0.2) is 0 Å². The largest absolute Gasteiger partial charge is 0.344 e. The standard InChI is InChI=1S/C14H25N3OS2/c1-6-14(7-2)10-17(8-9-20(14)18)12-16-15-11(19-12)13(3,4)5/h6-10H2,1-5H3. The van der Waals surface area contributed by atoms with Gasteiger partial charge in [0, 0.05) is 35.1 Å². The summed E-state index contributed by atoms with van der Waals surface area (Å²) in [4.78, 5) is 2.28. The van der Waals surface area contributed by atoms with E-state index >= 15 is 0 Å². The smallest absolute Gasteiger partial charge is 0.208 e. The zero-order valence-corrected chi connectivity index (χ0v) is 14.7. The highest BCUT2D eigenvalue weighted by Gasteiger charge is 2.39. The Balaban J connectivity index is 2.22. The summed E-state index contributed by atoms with van der Waals surface area (Å²) < 4.78 is 12.3. The summed E-state index contributed by atoms with van der Waals surface area (Å²) in [5.74, 6) is 0.742. The molecule has 1 aromatic heterocycles. The topological polar surface area (TPSA) is 46.1 Å². The Bertz CT molecular complexity index is 489. The van der Waals surface area contributed by atoms with Crippen molar-refractivity contribution in [3.8, 4) is 0 Å². The second-order valence-electron chi connectivity index (χ2n) is 6.50. The molecule has 1 unspecified atom stereocenters. The van der Waals surface area contributed by atoms with Crippen LogP contribution in [0.5, 0.6) is 0 Å². The molecule has 0 aromatic carbocycles. The van der Waals surface area contributed by atoms with Gasteiger partial charge >= 0.3 is 0 Å². The molecule has 0 N–H and O–H groups in total. The van der Waals surface area contributed by atoms with Crippen molar-refractivity contribution in [1.82, 2.24) is 10.2 Å². The molecule has 0 saturated carbocycles. The average molecular weight is 316 g/mol. The van der Waals surface area contributed by atoms with E-state index in [1.807, 2.05) is 0 Å². The van der Waals surface area contributed by atoms with Crippen LogP contribution in [0.4, 0.5) is 5.13 Å². The summed E-state index contributed by atoms with van der Waals surface area (Å²) in [6.07, 6.45) is 1.91. The van der Waals surface area contributed by atoms with Gasteiger partial charge in [-0.1, -0.05) is 46.0 Å². The van der Waals surface area contributed by atoms with E-state index in [9.17, 15) is 4.21 Å². The van der Waals surface area contributed by atoms with E-state index in [-0.39, 0.29) is 10.2 Å². The van der Waals surface area contributed by atoms with Crippen molar-refractivity contribution >= 4 is 27.3 Å². The van der Waals surface area contributed by atoms with E-state index in [1.165, 1.54) is 0 Å². The highest BCUT2D eigenvalue weighted by Crippen LogP contribution is 2.34. The maximum Gasteiger partial charge on any atom is 0.208 e. The van der Waals surface area contributed by atoms with Crippen molar-refractivity contribution in [3.05, 3.63) is 5.01 Å². The van der Waals surface area contributed by atoms with Crippen LogP contribution in [0.15, 0.2) is 0 Å². The molecule has 1 aliphatic rings. The van der Waals surface area contributed by atoms with Gasteiger partial charge in [-0.05, 0) is 12.8 Å². The Morgan fingerprint density at radius 3 is 2.45 bits per heavy atom. The van der Waals surface area contributed by atoms with Gasteiger partial charge in [0.1, 0.15) is 5.01 Å². The van der Waals surface area contributed by atoms with Gasteiger partial charge in [0.25, 0.3) is 0 Å². The van der Waals surface area contributed by atoms with Crippen LogP contribution in [-0.2, 0) is 16.2 Å². The van der Waals surface area contributed by atoms with E-state index < -0.39 is 10.8 Å². The van der Waals surface area contributed by atoms with Crippen LogP contribution in [0.2, 0.25) is 0 Å². The van der Waals surface area contributed by atoms with Crippen molar-refractivity contribution < 1.29 is 4.21 Å². The summed E-state index contributed by atoms with van der Waals surface area (Å²) in [5.41, 5.74) is 0.0428. The molecule has 114 valence electrons. The van der Waals surface area contributed by atoms with E-state index in [4.69, 9.17) is 0 Å². The molecular formula is C14H25N3OS2. The number of rotatable bonds is 3. The lowest BCUT2D eigenvalue weighted by Gasteiger charge is -2.40. The van der Waals surface area contributed by atoms with Crippen LogP contribution >= 0.6 is 11.3 Å². The molecule has 2 heterocycles.